The minimum atomic E-state index is -3.40. The number of nitrogens with zero attached hydrogens (tertiary/aromatic N) is 2. The summed E-state index contributed by atoms with van der Waals surface area (Å²) in [6.07, 6.45) is 5.04. The molecule has 0 unspecified atom stereocenters. The fourth-order valence-electron chi connectivity index (χ4n) is 2.23. The van der Waals surface area contributed by atoms with E-state index in [1.54, 1.807) is 12.3 Å². The maximum Gasteiger partial charge on any atom is 0.245 e. The van der Waals surface area contributed by atoms with Crippen molar-refractivity contribution in [3.8, 4) is 0 Å². The van der Waals surface area contributed by atoms with Crippen molar-refractivity contribution in [2.75, 3.05) is 13.1 Å². The van der Waals surface area contributed by atoms with Gasteiger partial charge in [-0.25, -0.2) is 13.4 Å². The molecule has 3 rings (SSSR count). The van der Waals surface area contributed by atoms with Crippen LogP contribution in [0.25, 0.3) is 11.0 Å². The normalized spacial score (nSPS) is 17.6. The van der Waals surface area contributed by atoms with E-state index in [1.165, 1.54) is 10.5 Å². The van der Waals surface area contributed by atoms with E-state index >= 15 is 0 Å². The van der Waals surface area contributed by atoms with Crippen molar-refractivity contribution < 1.29 is 8.42 Å². The van der Waals surface area contributed by atoms with Gasteiger partial charge in [0.25, 0.3) is 0 Å². The summed E-state index contributed by atoms with van der Waals surface area (Å²) in [5.41, 5.74) is 0.593. The number of sulfonamides is 1. The van der Waals surface area contributed by atoms with Gasteiger partial charge in [0.1, 0.15) is 10.5 Å². The molecule has 18 heavy (non-hydrogen) atoms. The molecule has 0 spiro atoms. The number of aromatic amines is 1. The summed E-state index contributed by atoms with van der Waals surface area (Å²) in [7, 11) is -3.40. The number of halogens is 1. The van der Waals surface area contributed by atoms with Gasteiger partial charge in [0.2, 0.25) is 10.0 Å². The Bertz CT molecular complexity index is 689. The Kier molecular flexibility index (Phi) is 2.91. The van der Waals surface area contributed by atoms with Crippen LogP contribution in [0.4, 0.5) is 0 Å². The molecular formula is C11H12BrN3O2S. The smallest absolute Gasteiger partial charge is 0.245 e. The molecule has 1 saturated heterocycles. The van der Waals surface area contributed by atoms with Gasteiger partial charge in [0.15, 0.2) is 0 Å². The lowest BCUT2D eigenvalue weighted by Gasteiger charge is -2.14. The highest BCUT2D eigenvalue weighted by Gasteiger charge is 2.29. The molecule has 1 aliphatic rings. The molecule has 2 aromatic heterocycles. The third kappa shape index (κ3) is 1.86. The predicted molar refractivity (Wildman–Crippen MR) is 71.8 cm³/mol. The number of rotatable bonds is 2. The van der Waals surface area contributed by atoms with Gasteiger partial charge in [0, 0.05) is 35.3 Å². The molecule has 1 N–H and O–H groups in total. The fourth-order valence-corrected chi connectivity index (χ4v) is 4.22. The summed E-state index contributed by atoms with van der Waals surface area (Å²) in [6.45, 7) is 1.22. The summed E-state index contributed by atoms with van der Waals surface area (Å²) < 4.78 is 27.3. The van der Waals surface area contributed by atoms with Crippen LogP contribution in [0.5, 0.6) is 0 Å². The topological polar surface area (TPSA) is 66.1 Å². The maximum absolute atomic E-state index is 12.5. The largest absolute Gasteiger partial charge is 0.345 e. The van der Waals surface area contributed by atoms with Crippen molar-refractivity contribution >= 4 is 37.0 Å². The SMILES string of the molecule is O=S(=O)(c1c[nH]c2ncc(Br)cc12)N1CCCC1. The Balaban J connectivity index is 2.16. The minimum Gasteiger partial charge on any atom is -0.345 e. The first-order valence-electron chi connectivity index (χ1n) is 5.72. The second-order valence-corrected chi connectivity index (χ2v) is 7.14. The second kappa shape index (κ2) is 4.32. The van der Waals surface area contributed by atoms with Crippen LogP contribution in [0.2, 0.25) is 0 Å². The number of fused-ring (bicyclic) bond motifs is 1. The average Bonchev–Trinajstić information content (AvgIpc) is 2.97. The number of hydrogen-bond donors (Lipinski definition) is 1. The third-order valence-corrected chi connectivity index (χ3v) is 5.51. The highest BCUT2D eigenvalue weighted by atomic mass is 79.9. The van der Waals surface area contributed by atoms with Gasteiger partial charge in [-0.1, -0.05) is 0 Å². The Morgan fingerprint density at radius 2 is 2.06 bits per heavy atom. The first-order valence-corrected chi connectivity index (χ1v) is 7.95. The minimum absolute atomic E-state index is 0.313. The molecule has 1 fully saturated rings. The van der Waals surface area contributed by atoms with Crippen molar-refractivity contribution in [2.24, 2.45) is 0 Å². The Morgan fingerprint density at radius 3 is 2.78 bits per heavy atom. The lowest BCUT2D eigenvalue weighted by Crippen LogP contribution is -2.27. The zero-order valence-corrected chi connectivity index (χ0v) is 12.0. The lowest BCUT2D eigenvalue weighted by molar-refractivity contribution is 0.478. The van der Waals surface area contributed by atoms with E-state index < -0.39 is 10.0 Å². The third-order valence-electron chi connectivity index (χ3n) is 3.14. The van der Waals surface area contributed by atoms with E-state index in [0.29, 0.717) is 29.0 Å². The van der Waals surface area contributed by atoms with E-state index in [9.17, 15) is 8.42 Å². The summed E-state index contributed by atoms with van der Waals surface area (Å²) >= 11 is 3.32. The van der Waals surface area contributed by atoms with Gasteiger partial charge in [-0.15, -0.1) is 0 Å². The van der Waals surface area contributed by atoms with Crippen LogP contribution >= 0.6 is 15.9 Å². The second-order valence-electron chi connectivity index (χ2n) is 4.31. The van der Waals surface area contributed by atoms with Gasteiger partial charge < -0.3 is 4.98 Å². The molecule has 0 aromatic carbocycles. The first-order chi connectivity index (χ1) is 8.59. The average molecular weight is 330 g/mol. The molecule has 0 saturated carbocycles. The molecule has 0 atom stereocenters. The van der Waals surface area contributed by atoms with E-state index in [0.717, 1.165) is 17.3 Å². The maximum atomic E-state index is 12.5. The Morgan fingerprint density at radius 1 is 1.33 bits per heavy atom. The monoisotopic (exact) mass is 329 g/mol. The molecule has 0 amide bonds. The zero-order chi connectivity index (χ0) is 12.8. The van der Waals surface area contributed by atoms with Crippen LogP contribution in [0.15, 0.2) is 27.8 Å². The zero-order valence-electron chi connectivity index (χ0n) is 9.56. The van der Waals surface area contributed by atoms with Crippen molar-refractivity contribution in [3.05, 3.63) is 22.9 Å². The van der Waals surface area contributed by atoms with Gasteiger partial charge >= 0.3 is 0 Å². The molecule has 3 heterocycles. The molecule has 1 aliphatic heterocycles. The van der Waals surface area contributed by atoms with Crippen LogP contribution in [0.1, 0.15) is 12.8 Å². The highest BCUT2D eigenvalue weighted by Crippen LogP contribution is 2.28. The van der Waals surface area contributed by atoms with Gasteiger partial charge in [-0.2, -0.15) is 4.31 Å². The van der Waals surface area contributed by atoms with Crippen LogP contribution in [0.3, 0.4) is 0 Å². The van der Waals surface area contributed by atoms with Crippen molar-refractivity contribution in [1.82, 2.24) is 14.3 Å². The quantitative estimate of drug-likeness (QED) is 0.917. The fraction of sp³-hybridized carbons (Fsp3) is 0.364. The number of aromatic nitrogens is 2. The molecule has 7 heteroatoms. The molecule has 5 nitrogen and oxygen atoms in total. The number of H-pyrrole nitrogens is 1. The first kappa shape index (κ1) is 12.1. The predicted octanol–water partition coefficient (Wildman–Crippen LogP) is 2.11. The Labute approximate surface area is 113 Å². The molecule has 0 aliphatic carbocycles. The summed E-state index contributed by atoms with van der Waals surface area (Å²) in [4.78, 5) is 7.38. The van der Waals surface area contributed by atoms with Gasteiger partial charge in [-0.3, -0.25) is 0 Å². The number of nitrogens with one attached hydrogen (secondary N) is 1. The number of pyridine rings is 1. The lowest BCUT2D eigenvalue weighted by atomic mass is 10.3. The molecule has 0 bridgehead atoms. The summed E-state index contributed by atoms with van der Waals surface area (Å²) in [5.74, 6) is 0. The van der Waals surface area contributed by atoms with Gasteiger partial charge in [0.05, 0.1) is 0 Å². The molecule has 0 radical (unpaired) electrons. The highest BCUT2D eigenvalue weighted by molar-refractivity contribution is 9.10. The molecule has 2 aromatic rings. The van der Waals surface area contributed by atoms with E-state index in [2.05, 4.69) is 25.9 Å². The van der Waals surface area contributed by atoms with Gasteiger partial charge in [-0.05, 0) is 34.8 Å². The van der Waals surface area contributed by atoms with Crippen molar-refractivity contribution in [1.29, 1.82) is 0 Å². The standard InChI is InChI=1S/C11H12BrN3O2S/c12-8-5-9-10(7-14-11(9)13-6-8)18(16,17)15-3-1-2-4-15/h5-7H,1-4H2,(H,13,14). The Hall–Kier alpha value is -0.920. The van der Waals surface area contributed by atoms with Crippen LogP contribution in [-0.2, 0) is 10.0 Å². The molecule has 96 valence electrons. The number of hydrogen-bond acceptors (Lipinski definition) is 3. The van der Waals surface area contributed by atoms with Crippen molar-refractivity contribution in [2.45, 2.75) is 17.7 Å². The van der Waals surface area contributed by atoms with Crippen molar-refractivity contribution in [3.63, 3.8) is 0 Å². The van der Waals surface area contributed by atoms with E-state index in [-0.39, 0.29) is 0 Å². The summed E-state index contributed by atoms with van der Waals surface area (Å²) in [5, 5.41) is 0.635. The van der Waals surface area contributed by atoms with E-state index in [1.807, 2.05) is 0 Å². The van der Waals surface area contributed by atoms with Crippen LogP contribution < -0.4 is 0 Å². The molecular weight excluding hydrogens is 318 g/mol. The van der Waals surface area contributed by atoms with E-state index in [4.69, 9.17) is 0 Å². The van der Waals surface area contributed by atoms with Crippen LogP contribution in [0, 0.1) is 0 Å². The van der Waals surface area contributed by atoms with Crippen LogP contribution in [-0.4, -0.2) is 35.8 Å². The summed E-state index contributed by atoms with van der Waals surface area (Å²) in [6, 6.07) is 1.78.